The van der Waals surface area contributed by atoms with Gasteiger partial charge < -0.3 is 19.3 Å². The van der Waals surface area contributed by atoms with Gasteiger partial charge >= 0.3 is 11.9 Å². The van der Waals surface area contributed by atoms with Crippen molar-refractivity contribution in [1.29, 1.82) is 0 Å². The molecule has 8 heteroatoms. The predicted molar refractivity (Wildman–Crippen MR) is 136 cm³/mol. The molecular formula is C27H34O7S. The Bertz CT molecular complexity index is 952. The topological polar surface area (TPSA) is 99.1 Å². The van der Waals surface area contributed by atoms with E-state index in [0.29, 0.717) is 42.8 Å². The lowest BCUT2D eigenvalue weighted by Gasteiger charge is -2.22. The molecule has 0 saturated heterocycles. The minimum absolute atomic E-state index is 0.205. The van der Waals surface area contributed by atoms with E-state index < -0.39 is 17.7 Å². The fourth-order valence-electron chi connectivity index (χ4n) is 3.65. The Morgan fingerprint density at radius 3 is 2.49 bits per heavy atom. The van der Waals surface area contributed by atoms with Crippen LogP contribution in [0.3, 0.4) is 0 Å². The predicted octanol–water partition coefficient (Wildman–Crippen LogP) is 4.55. The first-order valence-corrected chi connectivity index (χ1v) is 12.9. The monoisotopic (exact) mass is 502 g/mol. The Labute approximate surface area is 211 Å². The third kappa shape index (κ3) is 9.74. The number of carbonyl (C=O) groups is 3. The molecule has 1 aliphatic rings. The number of thioether (sulfide) groups is 1. The van der Waals surface area contributed by atoms with Crippen molar-refractivity contribution in [3.8, 4) is 5.75 Å². The summed E-state index contributed by atoms with van der Waals surface area (Å²) in [6.45, 7) is 3.40. The van der Waals surface area contributed by atoms with Crippen molar-refractivity contribution in [3.05, 3.63) is 65.1 Å². The first-order valence-electron chi connectivity index (χ1n) is 11.7. The molecule has 2 rings (SSSR count). The molecule has 0 aromatic heterocycles. The number of ether oxygens (including phenoxy) is 3. The van der Waals surface area contributed by atoms with Gasteiger partial charge in [0.2, 0.25) is 0 Å². The van der Waals surface area contributed by atoms with Crippen LogP contribution >= 0.6 is 11.8 Å². The lowest BCUT2D eigenvalue weighted by molar-refractivity contribution is -0.146. The molecule has 1 aromatic carbocycles. The fourth-order valence-corrected chi connectivity index (χ4v) is 4.26. The van der Waals surface area contributed by atoms with Crippen LogP contribution in [0.15, 0.2) is 65.1 Å². The van der Waals surface area contributed by atoms with Crippen LogP contribution in [0.1, 0.15) is 46.0 Å². The number of hydrogen-bond acceptors (Lipinski definition) is 8. The fraction of sp³-hybridized carbons (Fsp3) is 0.444. The van der Waals surface area contributed by atoms with Gasteiger partial charge in [-0.3, -0.25) is 14.4 Å². The molecular weight excluding hydrogens is 468 g/mol. The van der Waals surface area contributed by atoms with E-state index in [1.807, 2.05) is 30.3 Å². The van der Waals surface area contributed by atoms with E-state index in [2.05, 4.69) is 0 Å². The summed E-state index contributed by atoms with van der Waals surface area (Å²) < 4.78 is 15.9. The summed E-state index contributed by atoms with van der Waals surface area (Å²) >= 11 is 1.30. The Morgan fingerprint density at radius 2 is 1.83 bits per heavy atom. The van der Waals surface area contributed by atoms with Gasteiger partial charge in [0.05, 0.1) is 18.1 Å². The number of carbonyl (C=O) groups excluding carboxylic acids is 3. The quantitative estimate of drug-likeness (QED) is 0.225. The SMILES string of the molecule is CSC1=CC(O)(CCCCOc2ccccc2)/C(=C/C=C/C(CCCOC(C)=O)OC(C)=O)C1=O. The summed E-state index contributed by atoms with van der Waals surface area (Å²) in [5, 5.41) is 11.3. The van der Waals surface area contributed by atoms with Crippen LogP contribution in [0.2, 0.25) is 0 Å². The second-order valence-electron chi connectivity index (χ2n) is 8.18. The third-order valence-electron chi connectivity index (χ3n) is 5.33. The first-order chi connectivity index (χ1) is 16.7. The van der Waals surface area contributed by atoms with E-state index >= 15 is 0 Å². The van der Waals surface area contributed by atoms with Crippen LogP contribution in [0.25, 0.3) is 0 Å². The average molecular weight is 503 g/mol. The van der Waals surface area contributed by atoms with Crippen molar-refractivity contribution < 1.29 is 33.7 Å². The molecule has 0 aliphatic heterocycles. The van der Waals surface area contributed by atoms with Crippen LogP contribution in [-0.2, 0) is 23.9 Å². The third-order valence-corrected chi connectivity index (χ3v) is 6.08. The minimum atomic E-state index is -1.36. The molecule has 190 valence electrons. The number of unbranched alkanes of at least 4 members (excludes halogenated alkanes) is 1. The molecule has 35 heavy (non-hydrogen) atoms. The molecule has 0 spiro atoms. The Kier molecular flexibility index (Phi) is 11.8. The maximum atomic E-state index is 12.8. The number of Topliss-reactive ketones (excluding diaryl/α,β-unsaturated/α-hetero) is 1. The van der Waals surface area contributed by atoms with Gasteiger partial charge in [-0.1, -0.05) is 30.4 Å². The van der Waals surface area contributed by atoms with E-state index in [0.717, 1.165) is 12.2 Å². The molecule has 1 aromatic rings. The Morgan fingerprint density at radius 1 is 1.09 bits per heavy atom. The number of ketones is 1. The standard InChI is InChI=1S/C27H34O7S/c1-20(28)32-18-10-14-23(34-21(2)29)13-9-15-24-26(30)25(35-3)19-27(24,31)16-7-8-17-33-22-11-5-4-6-12-22/h4-6,9,11-13,15,19,23,31H,7-8,10,14,16-18H2,1-3H3/b13-9+,24-15+. The van der Waals surface area contributed by atoms with Crippen LogP contribution in [0, 0.1) is 0 Å². The van der Waals surface area contributed by atoms with Gasteiger partial charge in [-0.05, 0) is 62.6 Å². The zero-order valence-electron chi connectivity index (χ0n) is 20.5. The van der Waals surface area contributed by atoms with Gasteiger partial charge in [0.15, 0.2) is 5.78 Å². The first kappa shape index (κ1) is 28.4. The van der Waals surface area contributed by atoms with Crippen molar-refractivity contribution in [2.75, 3.05) is 19.5 Å². The maximum absolute atomic E-state index is 12.8. The highest BCUT2D eigenvalue weighted by Gasteiger charge is 2.40. The summed E-state index contributed by atoms with van der Waals surface area (Å²) in [5.74, 6) is -0.203. The molecule has 2 unspecified atom stereocenters. The molecule has 0 fully saturated rings. The van der Waals surface area contributed by atoms with Crippen molar-refractivity contribution in [2.24, 2.45) is 0 Å². The number of allylic oxidation sites excluding steroid dienone is 3. The van der Waals surface area contributed by atoms with Crippen LogP contribution in [0.5, 0.6) is 5.75 Å². The molecule has 1 N–H and O–H groups in total. The van der Waals surface area contributed by atoms with Gasteiger partial charge in [0, 0.05) is 19.4 Å². The summed E-state index contributed by atoms with van der Waals surface area (Å²) in [4.78, 5) is 35.7. The van der Waals surface area contributed by atoms with Gasteiger partial charge in [-0.15, -0.1) is 11.8 Å². The van der Waals surface area contributed by atoms with Crippen LogP contribution in [0.4, 0.5) is 0 Å². The second kappa shape index (κ2) is 14.5. The highest BCUT2D eigenvalue weighted by atomic mass is 32.2. The van der Waals surface area contributed by atoms with E-state index in [9.17, 15) is 19.5 Å². The Balaban J connectivity index is 1.99. The summed E-state index contributed by atoms with van der Waals surface area (Å²) in [7, 11) is 0. The molecule has 0 heterocycles. The van der Waals surface area contributed by atoms with E-state index in [1.165, 1.54) is 25.6 Å². The molecule has 0 radical (unpaired) electrons. The number of hydrogen-bond donors (Lipinski definition) is 1. The zero-order chi connectivity index (χ0) is 25.7. The van der Waals surface area contributed by atoms with E-state index in [-0.39, 0.29) is 18.4 Å². The molecule has 0 amide bonds. The maximum Gasteiger partial charge on any atom is 0.303 e. The lowest BCUT2D eigenvalue weighted by Crippen LogP contribution is -2.28. The smallest absolute Gasteiger partial charge is 0.303 e. The molecule has 0 saturated carbocycles. The summed E-state index contributed by atoms with van der Waals surface area (Å²) in [6.07, 6.45) is 10.5. The highest BCUT2D eigenvalue weighted by Crippen LogP contribution is 2.38. The van der Waals surface area contributed by atoms with Gasteiger partial charge in [-0.2, -0.15) is 0 Å². The number of rotatable bonds is 14. The normalized spacial score (nSPS) is 19.6. The largest absolute Gasteiger partial charge is 0.494 e. The van der Waals surface area contributed by atoms with Crippen LogP contribution in [-0.4, -0.2) is 54.0 Å². The van der Waals surface area contributed by atoms with Crippen molar-refractivity contribution in [3.63, 3.8) is 0 Å². The second-order valence-corrected chi connectivity index (χ2v) is 9.03. The number of para-hydroxylation sites is 1. The van der Waals surface area contributed by atoms with Crippen LogP contribution < -0.4 is 4.74 Å². The average Bonchev–Trinajstić information content (AvgIpc) is 3.06. The summed E-state index contributed by atoms with van der Waals surface area (Å²) in [5.41, 5.74) is -1.07. The van der Waals surface area contributed by atoms with Crippen molar-refractivity contribution in [1.82, 2.24) is 0 Å². The number of benzene rings is 1. The van der Waals surface area contributed by atoms with Gasteiger partial charge in [0.1, 0.15) is 17.5 Å². The molecule has 0 bridgehead atoms. The summed E-state index contributed by atoms with van der Waals surface area (Å²) in [6, 6.07) is 9.53. The number of aliphatic hydroxyl groups is 1. The van der Waals surface area contributed by atoms with Crippen molar-refractivity contribution >= 4 is 29.5 Å². The number of esters is 2. The van der Waals surface area contributed by atoms with Crippen molar-refractivity contribution in [2.45, 2.75) is 57.7 Å². The Hall–Kier alpha value is -2.84. The van der Waals surface area contributed by atoms with Gasteiger partial charge in [0.25, 0.3) is 0 Å². The molecule has 7 nitrogen and oxygen atoms in total. The zero-order valence-corrected chi connectivity index (χ0v) is 21.3. The van der Waals surface area contributed by atoms with Gasteiger partial charge in [-0.25, -0.2) is 0 Å². The van der Waals surface area contributed by atoms with E-state index in [4.69, 9.17) is 14.2 Å². The molecule has 2 atom stereocenters. The highest BCUT2D eigenvalue weighted by molar-refractivity contribution is 8.03. The molecule has 1 aliphatic carbocycles. The van der Waals surface area contributed by atoms with E-state index in [1.54, 1.807) is 30.6 Å². The lowest BCUT2D eigenvalue weighted by atomic mass is 9.90. The minimum Gasteiger partial charge on any atom is -0.494 e.